The molecule has 0 saturated carbocycles. The van der Waals surface area contributed by atoms with Gasteiger partial charge in [0.15, 0.2) is 0 Å². The zero-order valence-corrected chi connectivity index (χ0v) is 8.04. The van der Waals surface area contributed by atoms with Gasteiger partial charge in [-0.25, -0.2) is 0 Å². The number of piperazine rings is 1. The molecule has 3 unspecified atom stereocenters. The smallest absolute Gasteiger partial charge is 0.0950 e. The van der Waals surface area contributed by atoms with Crippen LogP contribution in [0.4, 0.5) is 0 Å². The molecule has 0 bridgehead atoms. The maximum atomic E-state index is 8.75. The fraction of sp³-hybridized carbons (Fsp3) is 0.889. The van der Waals surface area contributed by atoms with Gasteiger partial charge in [-0.15, -0.1) is 0 Å². The molecule has 1 aliphatic rings. The van der Waals surface area contributed by atoms with Crippen LogP contribution in [0.2, 0.25) is 0 Å². The summed E-state index contributed by atoms with van der Waals surface area (Å²) in [6.07, 6.45) is 0. The second-order valence-corrected chi connectivity index (χ2v) is 3.73. The number of hydrogen-bond donors (Lipinski definition) is 1. The Kier molecular flexibility index (Phi) is 3.07. The van der Waals surface area contributed by atoms with Crippen LogP contribution in [-0.4, -0.2) is 36.1 Å². The van der Waals surface area contributed by atoms with Crippen LogP contribution in [0.25, 0.3) is 0 Å². The molecule has 0 aromatic rings. The third-order valence-electron chi connectivity index (χ3n) is 2.32. The summed E-state index contributed by atoms with van der Waals surface area (Å²) in [5.41, 5.74) is 0. The van der Waals surface area contributed by atoms with E-state index in [9.17, 15) is 0 Å². The highest BCUT2D eigenvalue weighted by Crippen LogP contribution is 2.07. The molecule has 0 spiro atoms. The van der Waals surface area contributed by atoms with Crippen molar-refractivity contribution in [2.75, 3.05) is 13.1 Å². The summed E-state index contributed by atoms with van der Waals surface area (Å²) in [7, 11) is 0. The lowest BCUT2D eigenvalue weighted by atomic mass is 10.1. The standard InChI is InChI=1S/C9H17N3/c1-7-5-12(9(3)4-10)6-8(2)11-7/h7-9,11H,5-6H2,1-3H3. The van der Waals surface area contributed by atoms with Gasteiger partial charge in [0.2, 0.25) is 0 Å². The first-order chi connectivity index (χ1) is 5.63. The lowest BCUT2D eigenvalue weighted by Crippen LogP contribution is -2.56. The molecule has 3 atom stereocenters. The SMILES string of the molecule is CC1CN(C(C)C#N)CC(C)N1. The van der Waals surface area contributed by atoms with Crippen LogP contribution in [0.15, 0.2) is 0 Å². The van der Waals surface area contributed by atoms with Gasteiger partial charge in [0.1, 0.15) is 0 Å². The first kappa shape index (κ1) is 9.50. The van der Waals surface area contributed by atoms with Crippen molar-refractivity contribution in [3.8, 4) is 6.07 Å². The highest BCUT2D eigenvalue weighted by molar-refractivity contribution is 4.93. The molecule has 68 valence electrons. The van der Waals surface area contributed by atoms with Gasteiger partial charge in [-0.05, 0) is 20.8 Å². The minimum Gasteiger partial charge on any atom is -0.309 e. The van der Waals surface area contributed by atoms with E-state index in [1.54, 1.807) is 0 Å². The molecule has 1 heterocycles. The van der Waals surface area contributed by atoms with Crippen molar-refractivity contribution in [2.24, 2.45) is 0 Å². The average Bonchev–Trinajstić information content (AvgIpc) is 2.01. The lowest BCUT2D eigenvalue weighted by Gasteiger charge is -2.37. The molecular formula is C9H17N3. The Morgan fingerprint density at radius 3 is 2.33 bits per heavy atom. The van der Waals surface area contributed by atoms with Gasteiger partial charge in [-0.2, -0.15) is 5.26 Å². The molecule has 0 aromatic carbocycles. The predicted octanol–water partition coefficient (Wildman–Crippen LogP) is 0.581. The Hall–Kier alpha value is -0.590. The zero-order chi connectivity index (χ0) is 9.14. The molecular weight excluding hydrogens is 150 g/mol. The van der Waals surface area contributed by atoms with E-state index in [0.29, 0.717) is 12.1 Å². The van der Waals surface area contributed by atoms with E-state index >= 15 is 0 Å². The number of nitrogens with zero attached hydrogens (tertiary/aromatic N) is 2. The van der Waals surface area contributed by atoms with E-state index in [-0.39, 0.29) is 6.04 Å². The van der Waals surface area contributed by atoms with Crippen LogP contribution in [0.1, 0.15) is 20.8 Å². The number of hydrogen-bond acceptors (Lipinski definition) is 3. The first-order valence-corrected chi connectivity index (χ1v) is 4.53. The summed E-state index contributed by atoms with van der Waals surface area (Å²) in [5, 5.41) is 12.2. The fourth-order valence-corrected chi connectivity index (χ4v) is 1.77. The van der Waals surface area contributed by atoms with Crippen molar-refractivity contribution in [3.05, 3.63) is 0 Å². The monoisotopic (exact) mass is 167 g/mol. The largest absolute Gasteiger partial charge is 0.309 e. The molecule has 0 radical (unpaired) electrons. The van der Waals surface area contributed by atoms with Crippen LogP contribution in [0.5, 0.6) is 0 Å². The Morgan fingerprint density at radius 2 is 1.92 bits per heavy atom. The highest BCUT2D eigenvalue weighted by Gasteiger charge is 2.23. The Balaban J connectivity index is 2.50. The maximum Gasteiger partial charge on any atom is 0.0950 e. The quantitative estimate of drug-likeness (QED) is 0.621. The predicted molar refractivity (Wildman–Crippen MR) is 48.7 cm³/mol. The molecule has 12 heavy (non-hydrogen) atoms. The molecule has 3 heteroatoms. The summed E-state index contributed by atoms with van der Waals surface area (Å²) in [5.74, 6) is 0. The van der Waals surface area contributed by atoms with Gasteiger partial charge >= 0.3 is 0 Å². The molecule has 1 aliphatic heterocycles. The van der Waals surface area contributed by atoms with E-state index in [4.69, 9.17) is 5.26 Å². The van der Waals surface area contributed by atoms with E-state index in [1.807, 2.05) is 6.92 Å². The molecule has 0 amide bonds. The Bertz CT molecular complexity index is 175. The van der Waals surface area contributed by atoms with Gasteiger partial charge in [-0.1, -0.05) is 0 Å². The van der Waals surface area contributed by atoms with Crippen LogP contribution < -0.4 is 5.32 Å². The normalized spacial score (nSPS) is 34.2. The van der Waals surface area contributed by atoms with Crippen LogP contribution >= 0.6 is 0 Å². The van der Waals surface area contributed by atoms with Crippen LogP contribution in [-0.2, 0) is 0 Å². The van der Waals surface area contributed by atoms with Gasteiger partial charge in [0.05, 0.1) is 12.1 Å². The second kappa shape index (κ2) is 3.88. The molecule has 1 rings (SSSR count). The fourth-order valence-electron chi connectivity index (χ4n) is 1.77. The summed E-state index contributed by atoms with van der Waals surface area (Å²) in [6, 6.07) is 3.34. The lowest BCUT2D eigenvalue weighted by molar-refractivity contribution is 0.155. The summed E-state index contributed by atoms with van der Waals surface area (Å²) in [6.45, 7) is 8.25. The van der Waals surface area contributed by atoms with Crippen molar-refractivity contribution >= 4 is 0 Å². The topological polar surface area (TPSA) is 39.1 Å². The number of nitrogens with one attached hydrogen (secondary N) is 1. The molecule has 0 aromatic heterocycles. The Labute approximate surface area is 74.4 Å². The average molecular weight is 167 g/mol. The number of rotatable bonds is 1. The Morgan fingerprint density at radius 1 is 1.42 bits per heavy atom. The van der Waals surface area contributed by atoms with E-state index in [2.05, 4.69) is 30.1 Å². The minimum atomic E-state index is 0.0528. The summed E-state index contributed by atoms with van der Waals surface area (Å²) in [4.78, 5) is 2.23. The van der Waals surface area contributed by atoms with Gasteiger partial charge < -0.3 is 5.32 Å². The highest BCUT2D eigenvalue weighted by atomic mass is 15.2. The zero-order valence-electron chi connectivity index (χ0n) is 8.04. The van der Waals surface area contributed by atoms with Gasteiger partial charge in [0.25, 0.3) is 0 Å². The number of nitriles is 1. The van der Waals surface area contributed by atoms with Crippen LogP contribution in [0, 0.1) is 11.3 Å². The molecule has 1 fully saturated rings. The van der Waals surface area contributed by atoms with E-state index < -0.39 is 0 Å². The molecule has 0 aliphatic carbocycles. The summed E-state index contributed by atoms with van der Waals surface area (Å²) >= 11 is 0. The van der Waals surface area contributed by atoms with E-state index in [1.165, 1.54) is 0 Å². The van der Waals surface area contributed by atoms with Crippen molar-refractivity contribution in [1.82, 2.24) is 10.2 Å². The van der Waals surface area contributed by atoms with Crippen LogP contribution in [0.3, 0.4) is 0 Å². The van der Waals surface area contributed by atoms with Crippen molar-refractivity contribution < 1.29 is 0 Å². The third kappa shape index (κ3) is 2.20. The van der Waals surface area contributed by atoms with Crippen molar-refractivity contribution in [2.45, 2.75) is 38.9 Å². The molecule has 3 nitrogen and oxygen atoms in total. The molecule has 1 N–H and O–H groups in total. The van der Waals surface area contributed by atoms with E-state index in [0.717, 1.165) is 13.1 Å². The first-order valence-electron chi connectivity index (χ1n) is 4.53. The minimum absolute atomic E-state index is 0.0528. The maximum absolute atomic E-state index is 8.75. The van der Waals surface area contributed by atoms with Gasteiger partial charge in [-0.3, -0.25) is 4.90 Å². The van der Waals surface area contributed by atoms with Crippen molar-refractivity contribution in [1.29, 1.82) is 5.26 Å². The molecule has 1 saturated heterocycles. The van der Waals surface area contributed by atoms with Gasteiger partial charge in [0, 0.05) is 25.2 Å². The van der Waals surface area contributed by atoms with Crippen molar-refractivity contribution in [3.63, 3.8) is 0 Å². The second-order valence-electron chi connectivity index (χ2n) is 3.73. The third-order valence-corrected chi connectivity index (χ3v) is 2.32. The summed E-state index contributed by atoms with van der Waals surface area (Å²) < 4.78 is 0.